The van der Waals surface area contributed by atoms with Crippen LogP contribution in [0.25, 0.3) is 0 Å². The molecule has 0 aromatic heterocycles. The number of halogens is 16. The second-order valence-corrected chi connectivity index (χ2v) is 50.0. The van der Waals surface area contributed by atoms with Crippen LogP contribution in [-0.4, -0.2) is 38.4 Å². The molecule has 0 saturated heterocycles. The maximum Gasteiger partial charge on any atom is 1.00 e. The molecule has 0 aliphatic carbocycles. The molecule has 4 rings (SSSR count). The van der Waals surface area contributed by atoms with Crippen molar-refractivity contribution in [3.05, 3.63) is 93.1 Å². The van der Waals surface area contributed by atoms with Crippen LogP contribution >= 0.6 is 0 Å². The molecular weight excluding hydrogens is 1170 g/mol. The van der Waals surface area contributed by atoms with Gasteiger partial charge in [-0.1, -0.05) is 166 Å². The third-order valence-electron chi connectivity index (χ3n) is 20.1. The van der Waals surface area contributed by atoms with E-state index in [9.17, 15) is 0 Å². The van der Waals surface area contributed by atoms with E-state index >= 15 is 70.2 Å². The van der Waals surface area contributed by atoms with Gasteiger partial charge in [-0.05, 0) is 66.5 Å². The van der Waals surface area contributed by atoms with Crippen molar-refractivity contribution < 1.29 is 99.8 Å². The normalized spacial score (nSPS) is 13.6. The first-order valence-corrected chi connectivity index (χ1v) is 37.4. The van der Waals surface area contributed by atoms with Crippen molar-refractivity contribution >= 4 is 81.0 Å². The van der Waals surface area contributed by atoms with Gasteiger partial charge in [-0.2, -0.15) is 0 Å². The molecule has 0 saturated carbocycles. The molecule has 22 heteroatoms. The van der Waals surface area contributed by atoms with Crippen molar-refractivity contribution in [1.82, 2.24) is 0 Å². The molecule has 82 heavy (non-hydrogen) atoms. The second-order valence-electron chi connectivity index (χ2n) is 26.6. The summed E-state index contributed by atoms with van der Waals surface area (Å²) in [6.45, 7) is 35.2. The summed E-state index contributed by atoms with van der Waals surface area (Å²) >= 11 is 0. The molecule has 4 aromatic carbocycles. The van der Waals surface area contributed by atoms with Crippen molar-refractivity contribution in [2.24, 2.45) is 0 Å². The van der Waals surface area contributed by atoms with Crippen LogP contribution in [0.3, 0.4) is 0 Å². The van der Waals surface area contributed by atoms with Crippen LogP contribution in [0.5, 0.6) is 0 Å². The van der Waals surface area contributed by atoms with Crippen LogP contribution in [0.4, 0.5) is 70.2 Å². The van der Waals surface area contributed by atoms with Gasteiger partial charge in [0.1, 0.15) is 85.0 Å². The topological polar surface area (TPSA) is 0 Å². The molecule has 4 aromatic rings. The van der Waals surface area contributed by atoms with Gasteiger partial charge in [-0.3, -0.25) is 0 Å². The summed E-state index contributed by atoms with van der Waals surface area (Å²) in [5.41, 5.74) is -21.9. The summed E-state index contributed by atoms with van der Waals surface area (Å²) in [7, 11) is -16.8. The molecule has 0 amide bonds. The van der Waals surface area contributed by atoms with Crippen molar-refractivity contribution in [3.63, 3.8) is 0 Å². The fourth-order valence-electron chi connectivity index (χ4n) is 18.0. The van der Waals surface area contributed by atoms with Gasteiger partial charge in [-0.25, -0.2) is 70.2 Å². The Morgan fingerprint density at radius 3 is 0.341 bits per heavy atom. The molecule has 0 atom stereocenters. The van der Waals surface area contributed by atoms with Gasteiger partial charge in [0, 0.05) is 20.7 Å². The van der Waals surface area contributed by atoms with E-state index in [1.54, 1.807) is 0 Å². The number of hydrogen-bond acceptors (Lipinski definition) is 0. The van der Waals surface area contributed by atoms with Crippen LogP contribution in [-0.2, 0) is 0 Å². The van der Waals surface area contributed by atoms with Crippen LogP contribution in [0.2, 0.25) is 66.5 Å². The zero-order valence-electron chi connectivity index (χ0n) is 52.6. The van der Waals surface area contributed by atoms with Gasteiger partial charge in [-0.15, -0.1) is 21.9 Å². The molecule has 0 fully saturated rings. The quantitative estimate of drug-likeness (QED) is 0.0470. The van der Waals surface area contributed by atoms with Gasteiger partial charge in [0.25, 0.3) is 0 Å². The third-order valence-corrected chi connectivity index (χ3v) is 48.3. The van der Waals surface area contributed by atoms with Crippen LogP contribution < -0.4 is 72.2 Å². The molecule has 0 radical (unpaired) electrons. The van der Waals surface area contributed by atoms with Crippen molar-refractivity contribution in [1.29, 1.82) is 0 Å². The Morgan fingerprint density at radius 1 is 0.183 bits per heavy atom. The van der Waals surface area contributed by atoms with Crippen LogP contribution in [0.1, 0.15) is 166 Å². The number of hydrogen-bond donors (Lipinski definition) is 0. The SMILES string of the molecule is CC(C)[Si](c1c(F)c(F)c([B-](c2c(F)c(F)c([Si](C(C)C)(C(C)C)C(C)C)c(F)c2F)(c2c(F)c(F)c([Si](C(C)C)(C(C)C)C(C)C)c(F)c2F)c2c(F)c(F)c([Si](C(C)C)(C(C)C)C(C)C)c(F)c2F)c(F)c1F)(C(C)C)C(C)C.[Na+]. The largest absolute Gasteiger partial charge is 1.00 e. The Kier molecular flexibility index (Phi) is 23.3. The van der Waals surface area contributed by atoms with Gasteiger partial charge in [0.05, 0.1) is 0 Å². The molecule has 0 nitrogen and oxygen atoms in total. The second kappa shape index (κ2) is 25.8. The molecule has 0 aliphatic rings. The number of rotatable bonds is 20. The minimum atomic E-state index is -6.86. The summed E-state index contributed by atoms with van der Waals surface area (Å²) in [5, 5.41) is -5.31. The van der Waals surface area contributed by atoms with Gasteiger partial charge in [0.15, 0.2) is 46.5 Å². The predicted octanol–water partition coefficient (Wildman–Crippen LogP) is 13.8. The minimum absolute atomic E-state index is 0. The Morgan fingerprint density at radius 2 is 0.268 bits per heavy atom. The average molecular weight is 1260 g/mol. The maximum absolute atomic E-state index is 18.7. The van der Waals surface area contributed by atoms with E-state index < -0.39 is 241 Å². The Labute approximate surface area is 503 Å². The molecule has 0 aliphatic heterocycles. The van der Waals surface area contributed by atoms with E-state index in [2.05, 4.69) is 0 Å². The first-order chi connectivity index (χ1) is 36.9. The van der Waals surface area contributed by atoms with Crippen LogP contribution in [0.15, 0.2) is 0 Å². The zero-order valence-corrected chi connectivity index (χ0v) is 58.6. The monoisotopic (exact) mass is 1250 g/mol. The average Bonchev–Trinajstić information content (AvgIpc) is 3.32. The fourth-order valence-corrected chi connectivity index (χ4v) is 44.8. The van der Waals surface area contributed by atoms with Crippen molar-refractivity contribution in [2.75, 3.05) is 0 Å². The molecule has 0 N–H and O–H groups in total. The molecule has 0 bridgehead atoms. The van der Waals surface area contributed by atoms with E-state index in [1.165, 1.54) is 166 Å². The van der Waals surface area contributed by atoms with E-state index in [0.29, 0.717) is 0 Å². The summed E-state index contributed by atoms with van der Waals surface area (Å²) in [6, 6.07) is 0. The van der Waals surface area contributed by atoms with Gasteiger partial charge in [0.2, 0.25) is 0 Å². The molecule has 0 unspecified atom stereocenters. The maximum atomic E-state index is 18.7. The van der Waals surface area contributed by atoms with E-state index in [-0.39, 0.29) is 29.6 Å². The molecule has 456 valence electrons. The first kappa shape index (κ1) is 73.9. The molecule has 0 spiro atoms. The summed E-state index contributed by atoms with van der Waals surface area (Å²) < 4.78 is 295. The van der Waals surface area contributed by atoms with Crippen molar-refractivity contribution in [2.45, 2.75) is 233 Å². The van der Waals surface area contributed by atoms with E-state index in [1.807, 2.05) is 0 Å². The smallest absolute Gasteiger partial charge is 0.207 e. The zero-order chi connectivity index (χ0) is 63.3. The fraction of sp³-hybridized carbons (Fsp3) is 0.600. The summed E-state index contributed by atoms with van der Waals surface area (Å²) in [4.78, 5) is 0. The standard InChI is InChI=1S/C60H84BF16Si4.Na/c1-25(2)78(26(3)4,27(5)6)57-49(70)41(62)37(42(63)50(57)71)61(38-43(64)51(72)58(52(73)44(38)65)79(28(7)8,29(9)10)30(11)12,39-45(66)53(74)59(54(75)46(39)67)80(31(13)14,32(15)16)33(17)18)40-47(68)55(76)60(56(77)48(40)69)81(34(19)20,35(21)22)36(23)24;/h25-36H,1-24H3;/q-1;+1. The third kappa shape index (κ3) is 10.0. The Bertz CT molecular complexity index is 2440. The van der Waals surface area contributed by atoms with Gasteiger partial charge >= 0.3 is 29.6 Å². The first-order valence-electron chi connectivity index (χ1n) is 28.5. The molecular formula is C60H84BF16NaSi4. The van der Waals surface area contributed by atoms with Crippen LogP contribution in [0, 0.1) is 93.1 Å². The van der Waals surface area contributed by atoms with E-state index in [4.69, 9.17) is 0 Å². The van der Waals surface area contributed by atoms with Gasteiger partial charge < -0.3 is 0 Å². The van der Waals surface area contributed by atoms with E-state index in [0.717, 1.165) is 0 Å². The van der Waals surface area contributed by atoms with Crippen molar-refractivity contribution in [3.8, 4) is 0 Å². The Balaban J connectivity index is 0.0000176. The summed E-state index contributed by atoms with van der Waals surface area (Å²) in [6.07, 6.45) is -6.86. The Hall–Kier alpha value is -2.31. The summed E-state index contributed by atoms with van der Waals surface area (Å²) in [5.74, 6) is -43.6. The number of benzene rings is 4. The molecule has 0 heterocycles. The predicted molar refractivity (Wildman–Crippen MR) is 312 cm³/mol. The minimum Gasteiger partial charge on any atom is -0.207 e.